The average Bonchev–Trinajstić information content (AvgIpc) is 2.99. The minimum atomic E-state index is -3.78. The zero-order valence-corrected chi connectivity index (χ0v) is 16.4. The van der Waals surface area contributed by atoms with Gasteiger partial charge in [0.25, 0.3) is 10.0 Å². The molecule has 1 heterocycles. The molecule has 3 rings (SSSR count). The number of sulfonamides is 1. The smallest absolute Gasteiger partial charge is 0.262 e. The largest absolute Gasteiger partial charge is 0.310 e. The molecule has 0 atom stereocenters. The predicted octanol–water partition coefficient (Wildman–Crippen LogP) is 3.85. The van der Waals surface area contributed by atoms with Crippen molar-refractivity contribution in [3.63, 3.8) is 0 Å². The number of anilines is 2. The number of para-hydroxylation sites is 2. The van der Waals surface area contributed by atoms with E-state index in [4.69, 9.17) is 0 Å². The van der Waals surface area contributed by atoms with E-state index < -0.39 is 10.0 Å². The van der Waals surface area contributed by atoms with Crippen LogP contribution < -0.4 is 9.62 Å². The lowest BCUT2D eigenvalue weighted by Gasteiger charge is -2.22. The number of benzene rings is 2. The van der Waals surface area contributed by atoms with Gasteiger partial charge in [-0.2, -0.15) is 0 Å². The number of hydrogen-bond acceptors (Lipinski definition) is 3. The average molecular weight is 372 g/mol. The fraction of sp³-hybridized carbons (Fsp3) is 0.350. The van der Waals surface area contributed by atoms with Gasteiger partial charge >= 0.3 is 0 Å². The molecule has 26 heavy (non-hydrogen) atoms. The molecule has 6 heteroatoms. The molecule has 1 aliphatic heterocycles. The Bertz CT molecular complexity index is 955. The molecule has 0 saturated carbocycles. The van der Waals surface area contributed by atoms with Crippen LogP contribution in [0.3, 0.4) is 0 Å². The van der Waals surface area contributed by atoms with Crippen molar-refractivity contribution in [2.45, 2.75) is 45.4 Å². The van der Waals surface area contributed by atoms with Gasteiger partial charge in [0.1, 0.15) is 0 Å². The van der Waals surface area contributed by atoms with Crippen LogP contribution in [-0.2, 0) is 14.8 Å². The fourth-order valence-corrected chi connectivity index (χ4v) is 5.17. The number of rotatable bonds is 4. The van der Waals surface area contributed by atoms with Crippen LogP contribution in [0.2, 0.25) is 0 Å². The van der Waals surface area contributed by atoms with Crippen LogP contribution in [0.15, 0.2) is 35.2 Å². The molecule has 1 fully saturated rings. The first-order valence-electron chi connectivity index (χ1n) is 8.72. The molecule has 2 aromatic carbocycles. The Morgan fingerprint density at radius 1 is 1.00 bits per heavy atom. The van der Waals surface area contributed by atoms with E-state index in [0.717, 1.165) is 28.7 Å². The third-order valence-electron chi connectivity index (χ3n) is 5.08. The van der Waals surface area contributed by atoms with Crippen molar-refractivity contribution in [1.82, 2.24) is 0 Å². The standard InChI is InChI=1S/C20H24N2O3S/c1-13-12-14(2)16(4)20(15(13)3)26(24,25)21-17-8-5-6-9-18(17)22-11-7-10-19(22)23/h5-6,8-9,12,21H,7,10-11H2,1-4H3. The first-order chi connectivity index (χ1) is 12.2. The minimum Gasteiger partial charge on any atom is -0.310 e. The number of amides is 1. The van der Waals surface area contributed by atoms with Gasteiger partial charge in [-0.15, -0.1) is 0 Å². The van der Waals surface area contributed by atoms with Gasteiger partial charge in [-0.05, 0) is 68.5 Å². The molecule has 0 aliphatic carbocycles. The molecule has 1 amide bonds. The van der Waals surface area contributed by atoms with Gasteiger partial charge in [-0.25, -0.2) is 8.42 Å². The Morgan fingerprint density at radius 3 is 2.19 bits per heavy atom. The highest BCUT2D eigenvalue weighted by Crippen LogP contribution is 2.33. The van der Waals surface area contributed by atoms with E-state index >= 15 is 0 Å². The van der Waals surface area contributed by atoms with Crippen molar-refractivity contribution in [3.8, 4) is 0 Å². The lowest BCUT2D eigenvalue weighted by atomic mass is 10.0. The zero-order chi connectivity index (χ0) is 19.1. The number of hydrogen-bond donors (Lipinski definition) is 1. The van der Waals surface area contributed by atoms with Gasteiger partial charge in [-0.3, -0.25) is 9.52 Å². The van der Waals surface area contributed by atoms with Crippen molar-refractivity contribution in [2.24, 2.45) is 0 Å². The summed E-state index contributed by atoms with van der Waals surface area (Å²) in [5.74, 6) is 0.0235. The van der Waals surface area contributed by atoms with Crippen molar-refractivity contribution in [1.29, 1.82) is 0 Å². The quantitative estimate of drug-likeness (QED) is 0.886. The SMILES string of the molecule is Cc1cc(C)c(C)c(S(=O)(=O)Nc2ccccc2N2CCCC2=O)c1C. The Balaban J connectivity index is 2.07. The molecule has 0 radical (unpaired) electrons. The maximum atomic E-state index is 13.2. The summed E-state index contributed by atoms with van der Waals surface area (Å²) in [5, 5.41) is 0. The van der Waals surface area contributed by atoms with Crippen molar-refractivity contribution >= 4 is 27.3 Å². The van der Waals surface area contributed by atoms with Crippen molar-refractivity contribution in [3.05, 3.63) is 52.6 Å². The van der Waals surface area contributed by atoms with Crippen molar-refractivity contribution in [2.75, 3.05) is 16.2 Å². The molecule has 1 N–H and O–H groups in total. The number of nitrogens with one attached hydrogen (secondary N) is 1. The molecule has 0 aromatic heterocycles. The molecule has 0 bridgehead atoms. The summed E-state index contributed by atoms with van der Waals surface area (Å²) < 4.78 is 29.1. The van der Waals surface area contributed by atoms with Gasteiger partial charge in [0.2, 0.25) is 5.91 Å². The second kappa shape index (κ2) is 6.76. The summed E-state index contributed by atoms with van der Waals surface area (Å²) in [6, 6.07) is 9.06. The number of aryl methyl sites for hydroxylation is 2. The maximum Gasteiger partial charge on any atom is 0.262 e. The molecule has 1 saturated heterocycles. The second-order valence-electron chi connectivity index (χ2n) is 6.86. The summed E-state index contributed by atoms with van der Waals surface area (Å²) in [7, 11) is -3.78. The van der Waals surface area contributed by atoms with Crippen LogP contribution >= 0.6 is 0 Å². The summed E-state index contributed by atoms with van der Waals surface area (Å²) in [6.07, 6.45) is 1.28. The lowest BCUT2D eigenvalue weighted by Crippen LogP contribution is -2.26. The monoisotopic (exact) mass is 372 g/mol. The Hall–Kier alpha value is -2.34. The summed E-state index contributed by atoms with van der Waals surface area (Å²) in [4.78, 5) is 14.1. The molecule has 5 nitrogen and oxygen atoms in total. The topological polar surface area (TPSA) is 66.5 Å². The van der Waals surface area contributed by atoms with Crippen LogP contribution in [0.5, 0.6) is 0 Å². The van der Waals surface area contributed by atoms with Gasteiger partial charge in [0.15, 0.2) is 0 Å². The van der Waals surface area contributed by atoms with Gasteiger partial charge in [0.05, 0.1) is 16.3 Å². The molecular weight excluding hydrogens is 348 g/mol. The van der Waals surface area contributed by atoms with E-state index in [1.165, 1.54) is 0 Å². The molecule has 138 valence electrons. The fourth-order valence-electron chi connectivity index (χ4n) is 3.48. The molecule has 0 unspecified atom stereocenters. The highest BCUT2D eigenvalue weighted by atomic mass is 32.2. The number of nitrogens with zero attached hydrogens (tertiary/aromatic N) is 1. The molecule has 2 aromatic rings. The molecular formula is C20H24N2O3S. The Kier molecular flexibility index (Phi) is 4.80. The van der Waals surface area contributed by atoms with Gasteiger partial charge in [0, 0.05) is 13.0 Å². The molecule has 0 spiro atoms. The number of carbonyl (C=O) groups excluding carboxylic acids is 1. The highest BCUT2D eigenvalue weighted by Gasteiger charge is 2.27. The van der Waals surface area contributed by atoms with Crippen LogP contribution in [0.4, 0.5) is 11.4 Å². The first kappa shape index (κ1) is 18.5. The van der Waals surface area contributed by atoms with Crippen LogP contribution in [0.25, 0.3) is 0 Å². The van der Waals surface area contributed by atoms with E-state index in [9.17, 15) is 13.2 Å². The third-order valence-corrected chi connectivity index (χ3v) is 6.72. The summed E-state index contributed by atoms with van der Waals surface area (Å²) in [5.41, 5.74) is 4.41. The normalized spacial score (nSPS) is 14.8. The van der Waals surface area contributed by atoms with Crippen LogP contribution in [0, 0.1) is 27.7 Å². The summed E-state index contributed by atoms with van der Waals surface area (Å²) in [6.45, 7) is 8.09. The lowest BCUT2D eigenvalue weighted by molar-refractivity contribution is -0.117. The minimum absolute atomic E-state index is 0.0235. The van der Waals surface area contributed by atoms with E-state index in [1.54, 1.807) is 23.1 Å². The third kappa shape index (κ3) is 3.21. The van der Waals surface area contributed by atoms with Gasteiger partial charge < -0.3 is 4.90 Å². The zero-order valence-electron chi connectivity index (χ0n) is 15.6. The van der Waals surface area contributed by atoms with E-state index in [2.05, 4.69) is 4.72 Å². The van der Waals surface area contributed by atoms with Crippen LogP contribution in [-0.4, -0.2) is 20.9 Å². The highest BCUT2D eigenvalue weighted by molar-refractivity contribution is 7.92. The van der Waals surface area contributed by atoms with Crippen LogP contribution in [0.1, 0.15) is 35.1 Å². The van der Waals surface area contributed by atoms with Gasteiger partial charge in [-0.1, -0.05) is 18.2 Å². The van der Waals surface area contributed by atoms with E-state index in [-0.39, 0.29) is 5.91 Å². The Morgan fingerprint density at radius 2 is 1.62 bits per heavy atom. The predicted molar refractivity (Wildman–Crippen MR) is 104 cm³/mol. The Labute approximate surface area is 155 Å². The van der Waals surface area contributed by atoms with Crippen molar-refractivity contribution < 1.29 is 13.2 Å². The molecule has 1 aliphatic rings. The maximum absolute atomic E-state index is 13.2. The second-order valence-corrected chi connectivity index (χ2v) is 8.48. The summed E-state index contributed by atoms with van der Waals surface area (Å²) >= 11 is 0. The number of carbonyl (C=O) groups is 1. The first-order valence-corrected chi connectivity index (χ1v) is 10.2. The van der Waals surface area contributed by atoms with E-state index in [0.29, 0.717) is 29.2 Å². The van der Waals surface area contributed by atoms with E-state index in [1.807, 2.05) is 39.8 Å².